The van der Waals surface area contributed by atoms with Gasteiger partial charge < -0.3 is 20.3 Å². The molecule has 116 valence electrons. The van der Waals surface area contributed by atoms with Crippen LogP contribution in [-0.2, 0) is 23.3 Å². The molecule has 1 aromatic rings. The lowest BCUT2D eigenvalue weighted by atomic mass is 9.79. The molecule has 2 aliphatic heterocycles. The van der Waals surface area contributed by atoms with Crippen LogP contribution < -0.4 is 5.32 Å². The van der Waals surface area contributed by atoms with Crippen LogP contribution in [0.5, 0.6) is 0 Å². The number of aliphatic hydroxyl groups is 2. The largest absolute Gasteiger partial charge is 0.390 e. The minimum Gasteiger partial charge on any atom is -0.390 e. The Kier molecular flexibility index (Phi) is 3.82. The van der Waals surface area contributed by atoms with E-state index < -0.39 is 17.8 Å². The van der Waals surface area contributed by atoms with Crippen molar-refractivity contribution in [2.75, 3.05) is 6.54 Å². The van der Waals surface area contributed by atoms with Gasteiger partial charge in [-0.1, -0.05) is 25.1 Å². The molecule has 3 N–H and O–H groups in total. The molecule has 0 bridgehead atoms. The van der Waals surface area contributed by atoms with Gasteiger partial charge in [0, 0.05) is 12.5 Å². The summed E-state index contributed by atoms with van der Waals surface area (Å²) >= 11 is 0. The Bertz CT molecular complexity index is 529. The molecule has 3 rings (SSSR count). The van der Waals surface area contributed by atoms with Crippen molar-refractivity contribution in [1.29, 1.82) is 0 Å². The summed E-state index contributed by atoms with van der Waals surface area (Å²) in [6, 6.07) is 6.12. The highest BCUT2D eigenvalue weighted by atomic mass is 16.5. The number of hydrogen-bond donors (Lipinski definition) is 3. The first-order chi connectivity index (χ1) is 9.93. The molecule has 0 saturated carbocycles. The first kappa shape index (κ1) is 15.0. The van der Waals surface area contributed by atoms with E-state index in [1.807, 2.05) is 32.9 Å². The van der Waals surface area contributed by atoms with Crippen LogP contribution in [0, 0.1) is 5.92 Å². The summed E-state index contributed by atoms with van der Waals surface area (Å²) in [5.41, 5.74) is 2.30. The average molecular weight is 291 g/mol. The molecule has 4 nitrogen and oxygen atoms in total. The van der Waals surface area contributed by atoms with Gasteiger partial charge in [0.15, 0.2) is 0 Å². The molecule has 0 aliphatic carbocycles. The number of fused-ring (bicyclic) bond motifs is 1. The van der Waals surface area contributed by atoms with Gasteiger partial charge in [0.05, 0.1) is 18.3 Å². The maximum atomic E-state index is 11.2. The van der Waals surface area contributed by atoms with E-state index in [2.05, 4.69) is 11.4 Å². The van der Waals surface area contributed by atoms with Crippen LogP contribution in [0.3, 0.4) is 0 Å². The Balaban J connectivity index is 1.99. The SMILES string of the molecule is C[C@@H]1[C@@H](O)[C@H](C)O[C@@H]1[C@](C)(O)c1cccc2c1CNCC2. The number of aliphatic hydroxyl groups excluding tert-OH is 1. The maximum Gasteiger partial charge on any atom is 0.114 e. The average Bonchev–Trinajstić information content (AvgIpc) is 2.75. The van der Waals surface area contributed by atoms with Crippen LogP contribution in [0.15, 0.2) is 18.2 Å². The van der Waals surface area contributed by atoms with E-state index in [1.54, 1.807) is 0 Å². The molecular formula is C17H25NO3. The lowest BCUT2D eigenvalue weighted by Crippen LogP contribution is -2.42. The summed E-state index contributed by atoms with van der Waals surface area (Å²) in [4.78, 5) is 0. The van der Waals surface area contributed by atoms with Gasteiger partial charge in [-0.2, -0.15) is 0 Å². The normalized spacial score (nSPS) is 35.3. The minimum absolute atomic E-state index is 0.0950. The molecular weight excluding hydrogens is 266 g/mol. The van der Waals surface area contributed by atoms with Crippen molar-refractivity contribution < 1.29 is 14.9 Å². The monoisotopic (exact) mass is 291 g/mol. The van der Waals surface area contributed by atoms with E-state index in [9.17, 15) is 10.2 Å². The van der Waals surface area contributed by atoms with E-state index in [4.69, 9.17) is 4.74 Å². The summed E-state index contributed by atoms with van der Waals surface area (Å²) < 4.78 is 5.88. The Hall–Kier alpha value is -0.940. The molecule has 1 aromatic carbocycles. The van der Waals surface area contributed by atoms with Crippen molar-refractivity contribution in [3.63, 3.8) is 0 Å². The molecule has 21 heavy (non-hydrogen) atoms. The zero-order valence-electron chi connectivity index (χ0n) is 13.0. The van der Waals surface area contributed by atoms with E-state index in [-0.39, 0.29) is 12.0 Å². The maximum absolute atomic E-state index is 11.2. The highest BCUT2D eigenvalue weighted by Gasteiger charge is 2.49. The minimum atomic E-state index is -1.10. The molecule has 0 spiro atoms. The predicted molar refractivity (Wildman–Crippen MR) is 80.9 cm³/mol. The van der Waals surface area contributed by atoms with Gasteiger partial charge in [0.1, 0.15) is 5.60 Å². The number of benzene rings is 1. The van der Waals surface area contributed by atoms with Crippen molar-refractivity contribution in [2.24, 2.45) is 5.92 Å². The smallest absolute Gasteiger partial charge is 0.114 e. The van der Waals surface area contributed by atoms with Crippen molar-refractivity contribution in [3.05, 3.63) is 34.9 Å². The molecule has 1 saturated heterocycles. The molecule has 0 aromatic heterocycles. The second-order valence-electron chi connectivity index (χ2n) is 6.63. The fourth-order valence-corrected chi connectivity index (χ4v) is 3.83. The fraction of sp³-hybridized carbons (Fsp3) is 0.647. The van der Waals surface area contributed by atoms with Gasteiger partial charge in [-0.15, -0.1) is 0 Å². The molecule has 0 amide bonds. The molecule has 0 radical (unpaired) electrons. The van der Waals surface area contributed by atoms with Crippen molar-refractivity contribution in [1.82, 2.24) is 5.32 Å². The summed E-state index contributed by atoms with van der Waals surface area (Å²) in [5.74, 6) is -0.0950. The van der Waals surface area contributed by atoms with E-state index in [0.717, 1.165) is 25.1 Å². The molecule has 0 unspecified atom stereocenters. The molecule has 2 heterocycles. The van der Waals surface area contributed by atoms with Gasteiger partial charge in [0.25, 0.3) is 0 Å². The lowest BCUT2D eigenvalue weighted by molar-refractivity contribution is -0.106. The van der Waals surface area contributed by atoms with Crippen LogP contribution in [0.2, 0.25) is 0 Å². The standard InChI is InChI=1S/C17H25NO3/c1-10-15(19)11(2)21-16(10)17(3,20)14-6-4-5-12-7-8-18-9-13(12)14/h4-6,10-11,15-16,18-20H,7-9H2,1-3H3/t10-,11+,15-,16+,17-/m1/s1. The number of ether oxygens (including phenoxy) is 1. The van der Waals surface area contributed by atoms with E-state index in [1.165, 1.54) is 11.1 Å². The highest BCUT2D eigenvalue weighted by molar-refractivity contribution is 5.41. The number of rotatable bonds is 2. The summed E-state index contributed by atoms with van der Waals surface area (Å²) in [6.45, 7) is 7.37. The first-order valence-electron chi connectivity index (χ1n) is 7.80. The summed E-state index contributed by atoms with van der Waals surface area (Å²) in [5, 5.41) is 24.7. The van der Waals surface area contributed by atoms with Crippen LogP contribution in [-0.4, -0.2) is 35.1 Å². The zero-order valence-corrected chi connectivity index (χ0v) is 13.0. The molecule has 5 atom stereocenters. The molecule has 4 heteroatoms. The van der Waals surface area contributed by atoms with E-state index in [0.29, 0.717) is 0 Å². The highest BCUT2D eigenvalue weighted by Crippen LogP contribution is 2.40. The summed E-state index contributed by atoms with van der Waals surface area (Å²) in [7, 11) is 0. The zero-order chi connectivity index (χ0) is 15.2. The Morgan fingerprint density at radius 3 is 2.76 bits per heavy atom. The number of hydrogen-bond acceptors (Lipinski definition) is 4. The Morgan fingerprint density at radius 1 is 1.33 bits per heavy atom. The van der Waals surface area contributed by atoms with Gasteiger partial charge in [0.2, 0.25) is 0 Å². The predicted octanol–water partition coefficient (Wildman–Crippen LogP) is 1.32. The van der Waals surface area contributed by atoms with Gasteiger partial charge in [-0.25, -0.2) is 0 Å². The van der Waals surface area contributed by atoms with Crippen LogP contribution in [0.25, 0.3) is 0 Å². The third-order valence-electron chi connectivity index (χ3n) is 5.10. The summed E-state index contributed by atoms with van der Waals surface area (Å²) in [6.07, 6.45) is -0.177. The molecule has 2 aliphatic rings. The Morgan fingerprint density at radius 2 is 2.10 bits per heavy atom. The Labute approximate surface area is 126 Å². The number of nitrogens with one attached hydrogen (secondary N) is 1. The van der Waals surface area contributed by atoms with Crippen molar-refractivity contribution >= 4 is 0 Å². The van der Waals surface area contributed by atoms with E-state index >= 15 is 0 Å². The lowest BCUT2D eigenvalue weighted by Gasteiger charge is -2.36. The van der Waals surface area contributed by atoms with Gasteiger partial charge >= 0.3 is 0 Å². The quantitative estimate of drug-likeness (QED) is 0.769. The topological polar surface area (TPSA) is 61.7 Å². The van der Waals surface area contributed by atoms with Gasteiger partial charge in [-0.3, -0.25) is 0 Å². The second kappa shape index (κ2) is 5.36. The van der Waals surface area contributed by atoms with Crippen LogP contribution in [0.4, 0.5) is 0 Å². The van der Waals surface area contributed by atoms with Gasteiger partial charge in [-0.05, 0) is 43.5 Å². The first-order valence-corrected chi connectivity index (χ1v) is 7.80. The second-order valence-corrected chi connectivity index (χ2v) is 6.63. The third kappa shape index (κ3) is 2.40. The molecule has 1 fully saturated rings. The van der Waals surface area contributed by atoms with Crippen molar-refractivity contribution in [2.45, 2.75) is 57.6 Å². The third-order valence-corrected chi connectivity index (χ3v) is 5.10. The fourth-order valence-electron chi connectivity index (χ4n) is 3.83. The van der Waals surface area contributed by atoms with Crippen molar-refractivity contribution in [3.8, 4) is 0 Å². The van der Waals surface area contributed by atoms with Crippen LogP contribution in [0.1, 0.15) is 37.5 Å². The van der Waals surface area contributed by atoms with Crippen LogP contribution >= 0.6 is 0 Å².